The first-order valence-corrected chi connectivity index (χ1v) is 11.9. The van der Waals surface area contributed by atoms with E-state index in [1.54, 1.807) is 25.4 Å². The molecule has 36 heavy (non-hydrogen) atoms. The molecule has 0 fully saturated rings. The van der Waals surface area contributed by atoms with Gasteiger partial charge in [-0.25, -0.2) is 9.97 Å². The number of nitrogens with two attached hydrogens (primary N) is 2. The summed E-state index contributed by atoms with van der Waals surface area (Å²) in [5.41, 5.74) is 16.8. The number of hydrogen-bond donors (Lipinski definition) is 2. The highest BCUT2D eigenvalue weighted by molar-refractivity contribution is 6.06. The highest BCUT2D eigenvalue weighted by Crippen LogP contribution is 2.30. The SMILES string of the molecule is COc1ccc(Cc2nc3c(N)nc4ccccc4c3n2CCCCc2ncccc2C(N)=O)cc1. The second-order valence-corrected chi connectivity index (χ2v) is 8.73. The Morgan fingerprint density at radius 1 is 1.00 bits per heavy atom. The number of imidazole rings is 1. The number of para-hydroxylation sites is 1. The number of aromatic nitrogens is 4. The summed E-state index contributed by atoms with van der Waals surface area (Å²) in [6, 6.07) is 19.5. The molecule has 5 rings (SSSR count). The molecule has 182 valence electrons. The van der Waals surface area contributed by atoms with E-state index in [1.807, 2.05) is 30.3 Å². The molecular weight excluding hydrogens is 452 g/mol. The molecule has 0 radical (unpaired) electrons. The topological polar surface area (TPSA) is 122 Å². The van der Waals surface area contributed by atoms with Crippen LogP contribution in [0.15, 0.2) is 66.9 Å². The van der Waals surface area contributed by atoms with Crippen molar-refractivity contribution in [3.8, 4) is 5.75 Å². The maximum atomic E-state index is 11.7. The van der Waals surface area contributed by atoms with Crippen LogP contribution < -0.4 is 16.2 Å². The normalized spacial score (nSPS) is 11.2. The van der Waals surface area contributed by atoms with Gasteiger partial charge < -0.3 is 20.8 Å². The quantitative estimate of drug-likeness (QED) is 0.304. The van der Waals surface area contributed by atoms with Crippen molar-refractivity contribution >= 4 is 33.7 Å². The van der Waals surface area contributed by atoms with Crippen LogP contribution >= 0.6 is 0 Å². The number of pyridine rings is 2. The molecule has 3 aromatic heterocycles. The van der Waals surface area contributed by atoms with Crippen LogP contribution in [0.25, 0.3) is 21.9 Å². The van der Waals surface area contributed by atoms with Crippen LogP contribution in [0, 0.1) is 0 Å². The summed E-state index contributed by atoms with van der Waals surface area (Å²) in [6.45, 7) is 0.744. The Morgan fingerprint density at radius 3 is 2.58 bits per heavy atom. The molecule has 0 aliphatic heterocycles. The maximum absolute atomic E-state index is 11.7. The highest BCUT2D eigenvalue weighted by atomic mass is 16.5. The number of anilines is 1. The Morgan fingerprint density at radius 2 is 1.81 bits per heavy atom. The Balaban J connectivity index is 1.47. The number of carbonyl (C=O) groups excluding carboxylic acids is 1. The molecule has 0 aliphatic carbocycles. The van der Waals surface area contributed by atoms with E-state index in [4.69, 9.17) is 21.2 Å². The third-order valence-corrected chi connectivity index (χ3v) is 6.41. The fraction of sp³-hybridized carbons (Fsp3) is 0.214. The van der Waals surface area contributed by atoms with Gasteiger partial charge in [0.1, 0.15) is 17.1 Å². The Bertz CT molecular complexity index is 1540. The zero-order valence-electron chi connectivity index (χ0n) is 20.1. The van der Waals surface area contributed by atoms with Crippen molar-refractivity contribution in [2.45, 2.75) is 32.2 Å². The van der Waals surface area contributed by atoms with E-state index in [9.17, 15) is 4.79 Å². The van der Waals surface area contributed by atoms with Crippen molar-refractivity contribution in [2.24, 2.45) is 5.73 Å². The first kappa shape index (κ1) is 23.3. The molecule has 3 heterocycles. The number of methoxy groups -OCH3 is 1. The number of nitrogens with zero attached hydrogens (tertiary/aromatic N) is 4. The van der Waals surface area contributed by atoms with Crippen molar-refractivity contribution in [3.63, 3.8) is 0 Å². The Hall–Kier alpha value is -4.46. The van der Waals surface area contributed by atoms with Crippen LogP contribution in [0.4, 0.5) is 5.82 Å². The van der Waals surface area contributed by atoms with Crippen LogP contribution in [0.1, 0.15) is 40.3 Å². The van der Waals surface area contributed by atoms with Gasteiger partial charge in [0, 0.05) is 24.5 Å². The van der Waals surface area contributed by atoms with Gasteiger partial charge in [0.25, 0.3) is 5.91 Å². The lowest BCUT2D eigenvalue weighted by molar-refractivity contribution is 0.0999. The lowest BCUT2D eigenvalue weighted by Gasteiger charge is -2.12. The van der Waals surface area contributed by atoms with Gasteiger partial charge in [-0.15, -0.1) is 0 Å². The number of aryl methyl sites for hydroxylation is 2. The summed E-state index contributed by atoms with van der Waals surface area (Å²) in [5.74, 6) is 1.72. The van der Waals surface area contributed by atoms with Crippen LogP contribution in [0.2, 0.25) is 0 Å². The lowest BCUT2D eigenvalue weighted by atomic mass is 10.1. The van der Waals surface area contributed by atoms with E-state index < -0.39 is 5.91 Å². The standard InChI is InChI=1S/C28H28N6O2/c1-36-19-13-11-18(12-14-19)17-24-33-25-26(20-7-2-3-10-23(20)32-27(25)29)34(24)16-5-4-9-22-21(28(30)35)8-6-15-31-22/h2-3,6-8,10-15H,4-5,9,16-17H2,1H3,(H2,29,32)(H2,30,35). The van der Waals surface area contributed by atoms with Crippen molar-refractivity contribution < 1.29 is 9.53 Å². The fourth-order valence-corrected chi connectivity index (χ4v) is 4.63. The van der Waals surface area contributed by atoms with Crippen molar-refractivity contribution in [3.05, 3.63) is 89.5 Å². The number of benzene rings is 2. The summed E-state index contributed by atoms with van der Waals surface area (Å²) in [4.78, 5) is 25.6. The lowest BCUT2D eigenvalue weighted by Crippen LogP contribution is -2.14. The second kappa shape index (κ2) is 10.0. The monoisotopic (exact) mass is 480 g/mol. The van der Waals surface area contributed by atoms with Gasteiger partial charge in [-0.2, -0.15) is 0 Å². The fourth-order valence-electron chi connectivity index (χ4n) is 4.63. The summed E-state index contributed by atoms with van der Waals surface area (Å²) >= 11 is 0. The average molecular weight is 481 g/mol. The van der Waals surface area contributed by atoms with E-state index in [2.05, 4.69) is 32.7 Å². The average Bonchev–Trinajstić information content (AvgIpc) is 3.26. The minimum Gasteiger partial charge on any atom is -0.497 e. The van der Waals surface area contributed by atoms with Gasteiger partial charge in [-0.1, -0.05) is 30.3 Å². The zero-order chi connectivity index (χ0) is 25.1. The Labute approximate surface area is 208 Å². The number of amides is 1. The van der Waals surface area contributed by atoms with Crippen molar-refractivity contribution in [2.75, 3.05) is 12.8 Å². The predicted octanol–water partition coefficient (Wildman–Crippen LogP) is 4.28. The van der Waals surface area contributed by atoms with Crippen LogP contribution in [-0.2, 0) is 19.4 Å². The minimum absolute atomic E-state index is 0.429. The number of ether oxygens (including phenoxy) is 1. The molecule has 0 saturated heterocycles. The second-order valence-electron chi connectivity index (χ2n) is 8.73. The molecule has 0 bridgehead atoms. The molecule has 1 amide bonds. The number of carbonyl (C=O) groups is 1. The minimum atomic E-state index is -0.449. The molecule has 2 aromatic carbocycles. The van der Waals surface area contributed by atoms with E-state index in [0.29, 0.717) is 24.2 Å². The van der Waals surface area contributed by atoms with E-state index in [0.717, 1.165) is 64.2 Å². The van der Waals surface area contributed by atoms with Gasteiger partial charge in [0.05, 0.1) is 29.4 Å². The Kier molecular flexibility index (Phi) is 6.49. The zero-order valence-corrected chi connectivity index (χ0v) is 20.1. The first-order chi connectivity index (χ1) is 17.5. The number of unbranched alkanes of at least 4 members (excludes halogenated alkanes) is 1. The third kappa shape index (κ3) is 4.57. The molecule has 5 aromatic rings. The van der Waals surface area contributed by atoms with Gasteiger partial charge in [0.15, 0.2) is 5.82 Å². The number of hydrogen-bond acceptors (Lipinski definition) is 6. The van der Waals surface area contributed by atoms with Crippen LogP contribution in [-0.4, -0.2) is 32.5 Å². The molecule has 0 saturated carbocycles. The van der Waals surface area contributed by atoms with Gasteiger partial charge in [0.2, 0.25) is 0 Å². The van der Waals surface area contributed by atoms with E-state index in [-0.39, 0.29) is 0 Å². The molecule has 8 nitrogen and oxygen atoms in total. The number of nitrogen functional groups attached to an aromatic ring is 1. The molecular formula is C28H28N6O2. The molecule has 0 unspecified atom stereocenters. The third-order valence-electron chi connectivity index (χ3n) is 6.41. The highest BCUT2D eigenvalue weighted by Gasteiger charge is 2.18. The summed E-state index contributed by atoms with van der Waals surface area (Å²) < 4.78 is 7.56. The molecule has 0 atom stereocenters. The van der Waals surface area contributed by atoms with Crippen LogP contribution in [0.3, 0.4) is 0 Å². The number of rotatable bonds is 9. The van der Waals surface area contributed by atoms with Gasteiger partial charge in [-0.3, -0.25) is 9.78 Å². The summed E-state index contributed by atoms with van der Waals surface area (Å²) in [5, 5.41) is 1.02. The number of fused-ring (bicyclic) bond motifs is 3. The van der Waals surface area contributed by atoms with Crippen molar-refractivity contribution in [1.82, 2.24) is 19.5 Å². The first-order valence-electron chi connectivity index (χ1n) is 11.9. The summed E-state index contributed by atoms with van der Waals surface area (Å²) in [7, 11) is 1.66. The van der Waals surface area contributed by atoms with Gasteiger partial charge >= 0.3 is 0 Å². The molecule has 8 heteroatoms. The van der Waals surface area contributed by atoms with Crippen molar-refractivity contribution in [1.29, 1.82) is 0 Å². The maximum Gasteiger partial charge on any atom is 0.250 e. The molecule has 4 N–H and O–H groups in total. The summed E-state index contributed by atoms with van der Waals surface area (Å²) in [6.07, 6.45) is 4.73. The largest absolute Gasteiger partial charge is 0.497 e. The van der Waals surface area contributed by atoms with E-state index in [1.165, 1.54) is 0 Å². The number of primary amides is 1. The van der Waals surface area contributed by atoms with Gasteiger partial charge in [-0.05, 0) is 55.2 Å². The van der Waals surface area contributed by atoms with Crippen LogP contribution in [0.5, 0.6) is 5.75 Å². The van der Waals surface area contributed by atoms with E-state index >= 15 is 0 Å². The smallest absolute Gasteiger partial charge is 0.250 e. The predicted molar refractivity (Wildman–Crippen MR) is 141 cm³/mol. The molecule has 0 aliphatic rings. The molecule has 0 spiro atoms.